The number of nitrogens with zero attached hydrogens (tertiary/aromatic N) is 2. The van der Waals surface area contributed by atoms with Gasteiger partial charge in [-0.3, -0.25) is 10.00 Å². The normalized spacial score (nSPS) is 20.5. The second kappa shape index (κ2) is 6.88. The molecule has 1 aliphatic rings. The van der Waals surface area contributed by atoms with Crippen LogP contribution in [0.2, 0.25) is 0 Å². The monoisotopic (exact) mass is 451 g/mol. The lowest BCUT2D eigenvalue weighted by Gasteiger charge is -2.44. The van der Waals surface area contributed by atoms with E-state index < -0.39 is 23.3 Å². The predicted molar refractivity (Wildman–Crippen MR) is 107 cm³/mol. The maximum absolute atomic E-state index is 15.0. The summed E-state index contributed by atoms with van der Waals surface area (Å²) in [4.78, 5) is 1.86. The van der Waals surface area contributed by atoms with Crippen molar-refractivity contribution in [2.24, 2.45) is 0 Å². The van der Waals surface area contributed by atoms with E-state index in [1.54, 1.807) is 6.20 Å². The molecule has 0 aliphatic carbocycles. The van der Waals surface area contributed by atoms with Crippen LogP contribution in [-0.4, -0.2) is 33.4 Å². The van der Waals surface area contributed by atoms with Crippen LogP contribution in [0.15, 0.2) is 34.9 Å². The average Bonchev–Trinajstić information content (AvgIpc) is 3.04. The Hall–Kier alpha value is -1.86. The van der Waals surface area contributed by atoms with Crippen LogP contribution in [0.25, 0.3) is 10.9 Å². The van der Waals surface area contributed by atoms with Gasteiger partial charge in [0.1, 0.15) is 17.3 Å². The standard InChI is InChI=1S/C21H21BrF3N3/c1-11-6-14-13(4-5-18-15(14)9-26-27-18)20(28(11)10-21(2,3)25)19-16(23)7-12(22)8-17(19)24/h4-5,7-9,11,20H,6,10H2,1-3H3,(H,26,27)/t11-,20?/m1/s1. The van der Waals surface area contributed by atoms with E-state index in [1.807, 2.05) is 24.0 Å². The molecule has 4 rings (SSSR count). The number of nitrogens with one attached hydrogen (secondary N) is 1. The Bertz CT molecular complexity index is 1020. The Labute approximate surface area is 170 Å². The van der Waals surface area contributed by atoms with Crippen molar-refractivity contribution in [1.82, 2.24) is 15.1 Å². The van der Waals surface area contributed by atoms with Crippen LogP contribution in [0.4, 0.5) is 13.2 Å². The highest BCUT2D eigenvalue weighted by atomic mass is 79.9. The minimum absolute atomic E-state index is 0.0527. The Morgan fingerprint density at radius 2 is 1.93 bits per heavy atom. The van der Waals surface area contributed by atoms with Crippen molar-refractivity contribution in [2.45, 2.75) is 44.9 Å². The van der Waals surface area contributed by atoms with Crippen molar-refractivity contribution in [2.75, 3.05) is 6.54 Å². The van der Waals surface area contributed by atoms with Crippen LogP contribution >= 0.6 is 15.9 Å². The fourth-order valence-corrected chi connectivity index (χ4v) is 4.64. The molecule has 0 bridgehead atoms. The average molecular weight is 452 g/mol. The van der Waals surface area contributed by atoms with Gasteiger partial charge < -0.3 is 0 Å². The number of halogens is 4. The third-order valence-electron chi connectivity index (χ3n) is 5.34. The van der Waals surface area contributed by atoms with E-state index in [0.717, 1.165) is 22.0 Å². The van der Waals surface area contributed by atoms with E-state index in [2.05, 4.69) is 26.1 Å². The Balaban J connectivity index is 1.97. The maximum atomic E-state index is 15.0. The number of rotatable bonds is 3. The van der Waals surface area contributed by atoms with Gasteiger partial charge in [-0.15, -0.1) is 0 Å². The molecule has 1 aromatic heterocycles. The summed E-state index contributed by atoms with van der Waals surface area (Å²) in [5.74, 6) is -1.29. The molecule has 2 heterocycles. The first-order chi connectivity index (χ1) is 13.2. The molecule has 148 valence electrons. The molecule has 2 atom stereocenters. The third-order valence-corrected chi connectivity index (χ3v) is 5.80. The SMILES string of the molecule is C[C@@H]1Cc2c(ccc3[nH]ncc23)C(c2c(F)cc(Br)cc2F)N1CC(C)(C)F. The van der Waals surface area contributed by atoms with Gasteiger partial charge in [0.25, 0.3) is 0 Å². The molecular weight excluding hydrogens is 431 g/mol. The molecule has 1 N–H and O–H groups in total. The van der Waals surface area contributed by atoms with E-state index >= 15 is 0 Å². The molecule has 28 heavy (non-hydrogen) atoms. The number of aromatic amines is 1. The Morgan fingerprint density at radius 1 is 1.25 bits per heavy atom. The number of aromatic nitrogens is 2. The summed E-state index contributed by atoms with van der Waals surface area (Å²) in [5, 5.41) is 7.98. The number of hydrogen-bond acceptors (Lipinski definition) is 2. The minimum Gasteiger partial charge on any atom is -0.286 e. The molecule has 3 aromatic rings. The summed E-state index contributed by atoms with van der Waals surface area (Å²) < 4.78 is 44.9. The predicted octanol–water partition coefficient (Wildman–Crippen LogP) is 5.69. The van der Waals surface area contributed by atoms with E-state index in [9.17, 15) is 13.2 Å². The van der Waals surface area contributed by atoms with Crippen molar-refractivity contribution in [1.29, 1.82) is 0 Å². The van der Waals surface area contributed by atoms with Crippen molar-refractivity contribution < 1.29 is 13.2 Å². The van der Waals surface area contributed by atoms with Gasteiger partial charge in [0.15, 0.2) is 0 Å². The van der Waals surface area contributed by atoms with Gasteiger partial charge in [-0.2, -0.15) is 5.10 Å². The molecule has 0 amide bonds. The first-order valence-corrected chi connectivity index (χ1v) is 9.99. The highest BCUT2D eigenvalue weighted by Gasteiger charge is 2.39. The van der Waals surface area contributed by atoms with Gasteiger partial charge in [0, 0.05) is 28.0 Å². The van der Waals surface area contributed by atoms with Crippen molar-refractivity contribution in [3.8, 4) is 0 Å². The quantitative estimate of drug-likeness (QED) is 0.554. The molecule has 1 unspecified atom stereocenters. The molecule has 7 heteroatoms. The molecule has 0 saturated carbocycles. The summed E-state index contributed by atoms with van der Waals surface area (Å²) in [5.41, 5.74) is 1.10. The van der Waals surface area contributed by atoms with Crippen molar-refractivity contribution in [3.63, 3.8) is 0 Å². The topological polar surface area (TPSA) is 31.9 Å². The van der Waals surface area contributed by atoms with Gasteiger partial charge in [0.2, 0.25) is 0 Å². The van der Waals surface area contributed by atoms with Gasteiger partial charge >= 0.3 is 0 Å². The highest BCUT2D eigenvalue weighted by molar-refractivity contribution is 9.10. The molecule has 0 spiro atoms. The van der Waals surface area contributed by atoms with Gasteiger partial charge in [-0.05, 0) is 56.5 Å². The van der Waals surface area contributed by atoms with E-state index in [4.69, 9.17) is 0 Å². The number of hydrogen-bond donors (Lipinski definition) is 1. The van der Waals surface area contributed by atoms with Crippen LogP contribution in [0, 0.1) is 11.6 Å². The van der Waals surface area contributed by atoms with Gasteiger partial charge in [0.05, 0.1) is 17.8 Å². The zero-order valence-electron chi connectivity index (χ0n) is 15.9. The number of alkyl halides is 1. The fraction of sp³-hybridized carbons (Fsp3) is 0.381. The largest absolute Gasteiger partial charge is 0.286 e. The zero-order chi connectivity index (χ0) is 20.2. The number of benzene rings is 2. The van der Waals surface area contributed by atoms with E-state index in [0.29, 0.717) is 10.9 Å². The summed E-state index contributed by atoms with van der Waals surface area (Å²) in [7, 11) is 0. The van der Waals surface area contributed by atoms with E-state index in [-0.39, 0.29) is 18.2 Å². The van der Waals surface area contributed by atoms with Crippen molar-refractivity contribution in [3.05, 3.63) is 63.3 Å². The molecule has 2 aromatic carbocycles. The van der Waals surface area contributed by atoms with Crippen LogP contribution in [0.1, 0.15) is 43.5 Å². The molecular formula is C21H21BrF3N3. The highest BCUT2D eigenvalue weighted by Crippen LogP contribution is 2.43. The second-order valence-electron chi connectivity index (χ2n) is 8.09. The van der Waals surface area contributed by atoms with Gasteiger partial charge in [-0.1, -0.05) is 22.0 Å². The smallest absolute Gasteiger partial charge is 0.132 e. The summed E-state index contributed by atoms with van der Waals surface area (Å²) in [6.45, 7) is 5.01. The fourth-order valence-electron chi connectivity index (χ4n) is 4.24. The van der Waals surface area contributed by atoms with Gasteiger partial charge in [-0.25, -0.2) is 13.2 Å². The number of H-pyrrole nitrogens is 1. The second-order valence-corrected chi connectivity index (χ2v) is 9.01. The summed E-state index contributed by atoms with van der Waals surface area (Å²) in [6, 6.07) is 5.42. The summed E-state index contributed by atoms with van der Waals surface area (Å²) >= 11 is 3.14. The third kappa shape index (κ3) is 3.35. The first-order valence-electron chi connectivity index (χ1n) is 9.19. The lowest BCUT2D eigenvalue weighted by Crippen LogP contribution is -2.48. The Kier molecular flexibility index (Phi) is 4.78. The maximum Gasteiger partial charge on any atom is 0.132 e. The first kappa shape index (κ1) is 19.5. The molecule has 1 aliphatic heterocycles. The minimum atomic E-state index is -1.51. The van der Waals surface area contributed by atoms with Crippen LogP contribution < -0.4 is 0 Å². The van der Waals surface area contributed by atoms with Crippen LogP contribution in [0.3, 0.4) is 0 Å². The Morgan fingerprint density at radius 3 is 2.57 bits per heavy atom. The van der Waals surface area contributed by atoms with Crippen molar-refractivity contribution >= 4 is 26.8 Å². The molecule has 0 fully saturated rings. The molecule has 0 radical (unpaired) electrons. The molecule has 3 nitrogen and oxygen atoms in total. The zero-order valence-corrected chi connectivity index (χ0v) is 17.4. The lowest BCUT2D eigenvalue weighted by molar-refractivity contribution is 0.0655. The number of fused-ring (bicyclic) bond motifs is 3. The van der Waals surface area contributed by atoms with Crippen LogP contribution in [-0.2, 0) is 6.42 Å². The molecule has 0 saturated heterocycles. The lowest BCUT2D eigenvalue weighted by atomic mass is 9.82. The van der Waals surface area contributed by atoms with Crippen LogP contribution in [0.5, 0.6) is 0 Å². The summed E-state index contributed by atoms with van der Waals surface area (Å²) in [6.07, 6.45) is 2.39. The van der Waals surface area contributed by atoms with E-state index in [1.165, 1.54) is 26.0 Å².